The minimum Gasteiger partial charge on any atom is -0.369 e. The van der Waals surface area contributed by atoms with Crippen molar-refractivity contribution in [1.82, 2.24) is 5.32 Å². The Morgan fingerprint density at radius 1 is 1.44 bits per heavy atom. The monoisotopic (exact) mass is 248 g/mol. The van der Waals surface area contributed by atoms with Gasteiger partial charge in [-0.25, -0.2) is 0 Å². The highest BCUT2D eigenvalue weighted by molar-refractivity contribution is 5.97. The molecule has 0 aliphatic carbocycles. The highest BCUT2D eigenvalue weighted by Crippen LogP contribution is 2.24. The second-order valence-corrected chi connectivity index (χ2v) is 5.04. The third-order valence-corrected chi connectivity index (χ3v) is 3.45. The summed E-state index contributed by atoms with van der Waals surface area (Å²) >= 11 is 0. The number of hydrogen-bond donors (Lipinski definition) is 2. The van der Waals surface area contributed by atoms with Crippen molar-refractivity contribution < 1.29 is 9.53 Å². The third kappa shape index (κ3) is 2.54. The van der Waals surface area contributed by atoms with Gasteiger partial charge in [-0.2, -0.15) is 0 Å². The molecule has 2 rings (SSSR count). The van der Waals surface area contributed by atoms with E-state index >= 15 is 0 Å². The van der Waals surface area contributed by atoms with Crippen LogP contribution >= 0.6 is 0 Å². The Kier molecular flexibility index (Phi) is 3.68. The zero-order valence-electron chi connectivity index (χ0n) is 11.2. The molecule has 98 valence electrons. The average Bonchev–Trinajstić information content (AvgIpc) is 2.39. The van der Waals surface area contributed by atoms with Crippen LogP contribution in [0, 0.1) is 0 Å². The molecule has 2 N–H and O–H groups in total. The summed E-state index contributed by atoms with van der Waals surface area (Å²) in [6, 6.07) is 6.04. The van der Waals surface area contributed by atoms with Gasteiger partial charge >= 0.3 is 0 Å². The molecule has 0 spiro atoms. The van der Waals surface area contributed by atoms with Crippen LogP contribution in [0.4, 0.5) is 5.69 Å². The fourth-order valence-electron chi connectivity index (χ4n) is 2.00. The maximum Gasteiger partial charge on any atom is 0.256 e. The van der Waals surface area contributed by atoms with Crippen molar-refractivity contribution in [2.75, 3.05) is 19.0 Å². The van der Waals surface area contributed by atoms with Crippen LogP contribution < -0.4 is 10.6 Å². The number of anilines is 1. The maximum atomic E-state index is 12.1. The Balaban J connectivity index is 2.22. The summed E-state index contributed by atoms with van der Waals surface area (Å²) in [5.74, 6) is -0.121. The quantitative estimate of drug-likeness (QED) is 0.856. The molecule has 1 amide bonds. The van der Waals surface area contributed by atoms with Crippen LogP contribution in [0.25, 0.3) is 0 Å². The van der Waals surface area contributed by atoms with Crippen LogP contribution in [0.1, 0.15) is 25.0 Å². The normalized spacial score (nSPS) is 15.1. The van der Waals surface area contributed by atoms with Gasteiger partial charge in [0.1, 0.15) is 5.60 Å². The number of nitrogens with one attached hydrogen (secondary N) is 2. The number of ether oxygens (including phenoxy) is 1. The number of benzene rings is 1. The number of carbonyl (C=O) groups excluding carboxylic acids is 1. The summed E-state index contributed by atoms with van der Waals surface area (Å²) in [5.41, 5.74) is 2.56. The molecule has 0 saturated carbocycles. The van der Waals surface area contributed by atoms with Crippen molar-refractivity contribution in [2.45, 2.75) is 32.4 Å². The van der Waals surface area contributed by atoms with Gasteiger partial charge < -0.3 is 15.4 Å². The van der Waals surface area contributed by atoms with Gasteiger partial charge in [0.05, 0.1) is 0 Å². The predicted octanol–water partition coefficient (Wildman–Crippen LogP) is 1.70. The predicted molar refractivity (Wildman–Crippen MR) is 71.6 cm³/mol. The number of rotatable bonds is 3. The summed E-state index contributed by atoms with van der Waals surface area (Å²) in [6.45, 7) is 5.32. The molecule has 4 nitrogen and oxygen atoms in total. The van der Waals surface area contributed by atoms with E-state index in [4.69, 9.17) is 4.74 Å². The Labute approximate surface area is 108 Å². The van der Waals surface area contributed by atoms with E-state index in [1.165, 1.54) is 11.1 Å². The molecule has 1 aromatic rings. The van der Waals surface area contributed by atoms with E-state index in [0.717, 1.165) is 25.2 Å². The summed E-state index contributed by atoms with van der Waals surface area (Å²) < 4.78 is 5.19. The molecule has 4 heteroatoms. The molecule has 0 bridgehead atoms. The number of methoxy groups -OCH3 is 1. The van der Waals surface area contributed by atoms with Gasteiger partial charge in [0.25, 0.3) is 5.91 Å². The van der Waals surface area contributed by atoms with E-state index in [2.05, 4.69) is 16.7 Å². The first-order valence-electron chi connectivity index (χ1n) is 6.22. The van der Waals surface area contributed by atoms with Gasteiger partial charge in [0.15, 0.2) is 0 Å². The SMILES string of the molecule is COC(C)(C)C(=O)Nc1cccc2c1CNCC2. The Bertz CT molecular complexity index is 455. The number of fused-ring (bicyclic) bond motifs is 1. The molecule has 1 aliphatic rings. The molecule has 0 atom stereocenters. The highest BCUT2D eigenvalue weighted by atomic mass is 16.5. The van der Waals surface area contributed by atoms with Gasteiger partial charge in [-0.3, -0.25) is 4.79 Å². The summed E-state index contributed by atoms with van der Waals surface area (Å²) in [7, 11) is 1.54. The average molecular weight is 248 g/mol. The first-order chi connectivity index (χ1) is 8.54. The van der Waals surface area contributed by atoms with E-state index < -0.39 is 5.60 Å². The van der Waals surface area contributed by atoms with Gasteiger partial charge in [-0.1, -0.05) is 12.1 Å². The Morgan fingerprint density at radius 3 is 2.94 bits per heavy atom. The van der Waals surface area contributed by atoms with E-state index in [0.29, 0.717) is 0 Å². The lowest BCUT2D eigenvalue weighted by Crippen LogP contribution is -2.39. The van der Waals surface area contributed by atoms with Crippen molar-refractivity contribution in [3.05, 3.63) is 29.3 Å². The van der Waals surface area contributed by atoms with Gasteiger partial charge in [0.2, 0.25) is 0 Å². The summed E-state index contributed by atoms with van der Waals surface area (Å²) in [5, 5.41) is 6.28. The maximum absolute atomic E-state index is 12.1. The van der Waals surface area contributed by atoms with E-state index in [-0.39, 0.29) is 5.91 Å². The topological polar surface area (TPSA) is 50.4 Å². The molecule has 0 fully saturated rings. The molecular formula is C14H20N2O2. The molecule has 1 heterocycles. The van der Waals surface area contributed by atoms with Crippen LogP contribution in [0.5, 0.6) is 0 Å². The molecule has 0 saturated heterocycles. The Morgan fingerprint density at radius 2 is 2.22 bits per heavy atom. The third-order valence-electron chi connectivity index (χ3n) is 3.45. The van der Waals surface area contributed by atoms with Gasteiger partial charge in [-0.15, -0.1) is 0 Å². The fourth-order valence-corrected chi connectivity index (χ4v) is 2.00. The number of amides is 1. The van der Waals surface area contributed by atoms with Gasteiger partial charge in [0, 0.05) is 19.3 Å². The highest BCUT2D eigenvalue weighted by Gasteiger charge is 2.27. The van der Waals surface area contributed by atoms with E-state index in [1.54, 1.807) is 21.0 Å². The van der Waals surface area contributed by atoms with E-state index in [1.807, 2.05) is 12.1 Å². The molecule has 18 heavy (non-hydrogen) atoms. The molecule has 1 aliphatic heterocycles. The smallest absolute Gasteiger partial charge is 0.256 e. The molecule has 0 unspecified atom stereocenters. The van der Waals surface area contributed by atoms with Crippen LogP contribution in [0.15, 0.2) is 18.2 Å². The number of carbonyl (C=O) groups is 1. The van der Waals surface area contributed by atoms with Crippen LogP contribution in [0.3, 0.4) is 0 Å². The lowest BCUT2D eigenvalue weighted by molar-refractivity contribution is -0.133. The van der Waals surface area contributed by atoms with Crippen molar-refractivity contribution in [1.29, 1.82) is 0 Å². The van der Waals surface area contributed by atoms with E-state index in [9.17, 15) is 4.79 Å². The summed E-state index contributed by atoms with van der Waals surface area (Å²) in [6.07, 6.45) is 1.01. The molecule has 0 aromatic heterocycles. The zero-order valence-corrected chi connectivity index (χ0v) is 11.2. The van der Waals surface area contributed by atoms with Crippen LogP contribution in [-0.2, 0) is 22.5 Å². The van der Waals surface area contributed by atoms with Crippen LogP contribution in [0.2, 0.25) is 0 Å². The van der Waals surface area contributed by atoms with Crippen molar-refractivity contribution >= 4 is 11.6 Å². The largest absolute Gasteiger partial charge is 0.369 e. The van der Waals surface area contributed by atoms with Crippen molar-refractivity contribution in [3.8, 4) is 0 Å². The first-order valence-corrected chi connectivity index (χ1v) is 6.22. The standard InChI is InChI=1S/C14H20N2O2/c1-14(2,18-3)13(17)16-12-6-4-5-10-7-8-15-9-11(10)12/h4-6,15H,7-9H2,1-3H3,(H,16,17). The summed E-state index contributed by atoms with van der Waals surface area (Å²) in [4.78, 5) is 12.1. The second-order valence-electron chi connectivity index (χ2n) is 5.04. The lowest BCUT2D eigenvalue weighted by Gasteiger charge is -2.25. The minimum absolute atomic E-state index is 0.121. The fraction of sp³-hybridized carbons (Fsp3) is 0.500. The molecule has 1 aromatic carbocycles. The zero-order chi connectivity index (χ0) is 13.2. The lowest BCUT2D eigenvalue weighted by atomic mass is 9.98. The van der Waals surface area contributed by atoms with Crippen molar-refractivity contribution in [3.63, 3.8) is 0 Å². The Hall–Kier alpha value is -1.39. The van der Waals surface area contributed by atoms with Crippen LogP contribution in [-0.4, -0.2) is 25.2 Å². The molecule has 0 radical (unpaired) electrons. The van der Waals surface area contributed by atoms with Gasteiger partial charge in [-0.05, 0) is 44.0 Å². The minimum atomic E-state index is -0.815. The first kappa shape index (κ1) is 13.1. The second kappa shape index (κ2) is 5.08. The number of hydrogen-bond acceptors (Lipinski definition) is 3. The molecular weight excluding hydrogens is 228 g/mol. The van der Waals surface area contributed by atoms with Crippen molar-refractivity contribution in [2.24, 2.45) is 0 Å².